The van der Waals surface area contributed by atoms with Crippen LogP contribution in [0.4, 0.5) is 0 Å². The van der Waals surface area contributed by atoms with Crippen molar-refractivity contribution in [2.75, 3.05) is 0 Å². The molecule has 1 aliphatic carbocycles. The van der Waals surface area contributed by atoms with Crippen LogP contribution in [0.3, 0.4) is 0 Å². The van der Waals surface area contributed by atoms with Crippen LogP contribution in [0.5, 0.6) is 0 Å². The Balaban J connectivity index is 2.17. The minimum Gasteiger partial charge on any atom is -0.303 e. The molecule has 16 heavy (non-hydrogen) atoms. The zero-order chi connectivity index (χ0) is 11.0. The highest BCUT2D eigenvalue weighted by atomic mass is 16.1. The number of fused-ring (bicyclic) bond motifs is 1. The Morgan fingerprint density at radius 3 is 2.94 bits per heavy atom. The highest BCUT2D eigenvalue weighted by Crippen LogP contribution is 2.35. The Kier molecular flexibility index (Phi) is 2.20. The molecule has 82 valence electrons. The molecule has 0 atom stereocenters. The fourth-order valence-corrected chi connectivity index (χ4v) is 2.21. The van der Waals surface area contributed by atoms with E-state index in [0.29, 0.717) is 12.3 Å². The summed E-state index contributed by atoms with van der Waals surface area (Å²) in [6.45, 7) is 0. The van der Waals surface area contributed by atoms with E-state index in [1.807, 2.05) is 22.6 Å². The number of nitrogens with zero attached hydrogens (tertiary/aromatic N) is 3. The topological polar surface area (TPSA) is 47.3 Å². The molecular formula is C12H13N3O. The Labute approximate surface area is 93.3 Å². The molecule has 0 amide bonds. The minimum atomic E-state index is 0.426. The summed E-state index contributed by atoms with van der Waals surface area (Å²) >= 11 is 0. The van der Waals surface area contributed by atoms with E-state index in [4.69, 9.17) is 0 Å². The first-order valence-corrected chi connectivity index (χ1v) is 5.66. The SMILES string of the molecule is O=CCc1cccc2nnc(C3CCC3)n12. The molecule has 0 aliphatic heterocycles. The van der Waals surface area contributed by atoms with Crippen molar-refractivity contribution in [2.24, 2.45) is 0 Å². The van der Waals surface area contributed by atoms with E-state index in [9.17, 15) is 4.79 Å². The first-order valence-electron chi connectivity index (χ1n) is 5.66. The number of aromatic nitrogens is 3. The Bertz CT molecular complexity index is 528. The number of hydrogen-bond acceptors (Lipinski definition) is 3. The molecule has 4 heteroatoms. The van der Waals surface area contributed by atoms with Crippen LogP contribution in [-0.2, 0) is 11.2 Å². The first kappa shape index (κ1) is 9.51. The lowest BCUT2D eigenvalue weighted by Crippen LogP contribution is -2.14. The number of pyridine rings is 1. The minimum absolute atomic E-state index is 0.426. The zero-order valence-electron chi connectivity index (χ0n) is 8.97. The van der Waals surface area contributed by atoms with Crippen molar-refractivity contribution in [3.05, 3.63) is 29.7 Å². The van der Waals surface area contributed by atoms with E-state index in [2.05, 4.69) is 10.2 Å². The lowest BCUT2D eigenvalue weighted by Gasteiger charge is -2.23. The summed E-state index contributed by atoms with van der Waals surface area (Å²) in [6.07, 6.45) is 5.01. The van der Waals surface area contributed by atoms with E-state index < -0.39 is 0 Å². The summed E-state index contributed by atoms with van der Waals surface area (Å²) in [5, 5.41) is 8.42. The van der Waals surface area contributed by atoms with Gasteiger partial charge < -0.3 is 4.79 Å². The van der Waals surface area contributed by atoms with Crippen molar-refractivity contribution >= 4 is 11.9 Å². The quantitative estimate of drug-likeness (QED) is 0.733. The molecule has 0 spiro atoms. The van der Waals surface area contributed by atoms with Crippen molar-refractivity contribution in [3.63, 3.8) is 0 Å². The van der Waals surface area contributed by atoms with E-state index in [1.165, 1.54) is 19.3 Å². The summed E-state index contributed by atoms with van der Waals surface area (Å²) < 4.78 is 2.04. The zero-order valence-corrected chi connectivity index (χ0v) is 8.97. The molecule has 4 nitrogen and oxygen atoms in total. The van der Waals surface area contributed by atoms with E-state index >= 15 is 0 Å². The molecule has 2 aromatic heterocycles. The van der Waals surface area contributed by atoms with E-state index in [0.717, 1.165) is 23.5 Å². The number of carbonyl (C=O) groups is 1. The van der Waals surface area contributed by atoms with Gasteiger partial charge in [-0.1, -0.05) is 12.5 Å². The van der Waals surface area contributed by atoms with E-state index in [1.54, 1.807) is 0 Å². The fraction of sp³-hybridized carbons (Fsp3) is 0.417. The van der Waals surface area contributed by atoms with Gasteiger partial charge in [-0.25, -0.2) is 0 Å². The maximum Gasteiger partial charge on any atom is 0.161 e. The van der Waals surface area contributed by atoms with Crippen LogP contribution in [0.1, 0.15) is 36.7 Å². The van der Waals surface area contributed by atoms with E-state index in [-0.39, 0.29) is 0 Å². The van der Waals surface area contributed by atoms with Gasteiger partial charge in [-0.15, -0.1) is 10.2 Å². The smallest absolute Gasteiger partial charge is 0.161 e. The summed E-state index contributed by atoms with van der Waals surface area (Å²) in [7, 11) is 0. The molecule has 2 heterocycles. The molecule has 2 aromatic rings. The average molecular weight is 215 g/mol. The lowest BCUT2D eigenvalue weighted by atomic mass is 9.85. The summed E-state index contributed by atoms with van der Waals surface area (Å²) in [5.74, 6) is 1.56. The third kappa shape index (κ3) is 1.33. The predicted molar refractivity (Wildman–Crippen MR) is 59.3 cm³/mol. The van der Waals surface area contributed by atoms with Gasteiger partial charge in [0.05, 0.1) is 0 Å². The van der Waals surface area contributed by atoms with Gasteiger partial charge in [0.25, 0.3) is 0 Å². The number of rotatable bonds is 3. The lowest BCUT2D eigenvalue weighted by molar-refractivity contribution is -0.107. The molecule has 3 rings (SSSR count). The summed E-state index contributed by atoms with van der Waals surface area (Å²) in [4.78, 5) is 10.7. The maximum atomic E-state index is 10.7. The van der Waals surface area contributed by atoms with Gasteiger partial charge in [0, 0.05) is 18.0 Å². The second-order valence-electron chi connectivity index (χ2n) is 4.27. The molecule has 0 aromatic carbocycles. The van der Waals surface area contributed by atoms with Crippen LogP contribution >= 0.6 is 0 Å². The molecule has 0 radical (unpaired) electrons. The molecule has 0 unspecified atom stereocenters. The van der Waals surface area contributed by atoms with Gasteiger partial charge in [0.15, 0.2) is 5.65 Å². The molecule has 1 saturated carbocycles. The van der Waals surface area contributed by atoms with Crippen LogP contribution < -0.4 is 0 Å². The van der Waals surface area contributed by atoms with Gasteiger partial charge in [-0.3, -0.25) is 4.40 Å². The van der Waals surface area contributed by atoms with Crippen molar-refractivity contribution in [2.45, 2.75) is 31.6 Å². The van der Waals surface area contributed by atoms with Crippen molar-refractivity contribution in [1.29, 1.82) is 0 Å². The highest BCUT2D eigenvalue weighted by molar-refractivity contribution is 5.55. The predicted octanol–water partition coefficient (Wildman–Crippen LogP) is 1.74. The Hall–Kier alpha value is -1.71. The molecule has 0 saturated heterocycles. The summed E-state index contributed by atoms with van der Waals surface area (Å²) in [6, 6.07) is 5.82. The second-order valence-corrected chi connectivity index (χ2v) is 4.27. The van der Waals surface area contributed by atoms with Crippen molar-refractivity contribution in [1.82, 2.24) is 14.6 Å². The third-order valence-corrected chi connectivity index (χ3v) is 3.30. The third-order valence-electron chi connectivity index (χ3n) is 3.30. The van der Waals surface area contributed by atoms with Crippen molar-refractivity contribution in [3.8, 4) is 0 Å². The van der Waals surface area contributed by atoms with Crippen LogP contribution in [0, 0.1) is 0 Å². The van der Waals surface area contributed by atoms with Crippen LogP contribution in [-0.4, -0.2) is 20.9 Å². The monoisotopic (exact) mass is 215 g/mol. The van der Waals surface area contributed by atoms with Gasteiger partial charge in [0.1, 0.15) is 12.1 Å². The van der Waals surface area contributed by atoms with Gasteiger partial charge in [0.2, 0.25) is 0 Å². The average Bonchev–Trinajstić information content (AvgIpc) is 2.61. The second kappa shape index (κ2) is 3.70. The van der Waals surface area contributed by atoms with Gasteiger partial charge in [-0.2, -0.15) is 0 Å². The van der Waals surface area contributed by atoms with Crippen LogP contribution in [0.2, 0.25) is 0 Å². The summed E-state index contributed by atoms with van der Waals surface area (Å²) in [5.41, 5.74) is 1.83. The standard InChI is InChI=1S/C12H13N3O/c16-8-7-10-5-2-6-11-13-14-12(15(10)11)9-3-1-4-9/h2,5-6,8-9H,1,3-4,7H2. The molecule has 0 bridgehead atoms. The Morgan fingerprint density at radius 2 is 2.25 bits per heavy atom. The molecular weight excluding hydrogens is 202 g/mol. The van der Waals surface area contributed by atoms with Crippen molar-refractivity contribution < 1.29 is 4.79 Å². The fourth-order valence-electron chi connectivity index (χ4n) is 2.21. The van der Waals surface area contributed by atoms with Gasteiger partial charge in [-0.05, 0) is 25.0 Å². The Morgan fingerprint density at radius 1 is 1.38 bits per heavy atom. The molecule has 1 aliphatic rings. The van der Waals surface area contributed by atoms with Crippen LogP contribution in [0.15, 0.2) is 18.2 Å². The number of carbonyl (C=O) groups excluding carboxylic acids is 1. The highest BCUT2D eigenvalue weighted by Gasteiger charge is 2.25. The number of hydrogen-bond donors (Lipinski definition) is 0. The maximum absolute atomic E-state index is 10.7. The van der Waals surface area contributed by atoms with Gasteiger partial charge >= 0.3 is 0 Å². The normalized spacial score (nSPS) is 16.2. The van der Waals surface area contributed by atoms with Crippen LogP contribution in [0.25, 0.3) is 5.65 Å². The largest absolute Gasteiger partial charge is 0.303 e. The first-order chi connectivity index (χ1) is 7.90. The molecule has 1 fully saturated rings. The molecule has 0 N–H and O–H groups in total. The number of aldehydes is 1.